The van der Waals surface area contributed by atoms with Gasteiger partial charge in [-0.25, -0.2) is 0 Å². The quantitative estimate of drug-likeness (QED) is 0.684. The van der Waals surface area contributed by atoms with Crippen LogP contribution in [-0.2, 0) is 0 Å². The highest BCUT2D eigenvalue weighted by Gasteiger charge is 2.16. The summed E-state index contributed by atoms with van der Waals surface area (Å²) in [6.07, 6.45) is 3.31. The number of nitrogens with one attached hydrogen (secondary N) is 1. The third-order valence-electron chi connectivity index (χ3n) is 3.47. The molecule has 0 amide bonds. The van der Waals surface area contributed by atoms with Gasteiger partial charge in [-0.1, -0.05) is 11.6 Å². The molecule has 1 aliphatic heterocycles. The van der Waals surface area contributed by atoms with Crippen molar-refractivity contribution >= 4 is 23.0 Å². The predicted octanol–water partition coefficient (Wildman–Crippen LogP) is 3.14. The van der Waals surface area contributed by atoms with Gasteiger partial charge in [-0.05, 0) is 45.5 Å². The van der Waals surface area contributed by atoms with Crippen LogP contribution in [0.15, 0.2) is 18.2 Å². The summed E-state index contributed by atoms with van der Waals surface area (Å²) in [5.74, 6) is 0. The number of hydrogen-bond acceptors (Lipinski definition) is 4. The average Bonchev–Trinajstić information content (AvgIpc) is 2.57. The molecule has 1 aliphatic rings. The van der Waals surface area contributed by atoms with Crippen LogP contribution >= 0.6 is 11.6 Å². The van der Waals surface area contributed by atoms with Gasteiger partial charge in [-0.2, -0.15) is 0 Å². The van der Waals surface area contributed by atoms with E-state index in [1.807, 2.05) is 0 Å². The minimum absolute atomic E-state index is 0.0242. The molecule has 0 saturated carbocycles. The zero-order chi connectivity index (χ0) is 13.8. The number of rotatable bonds is 3. The highest BCUT2D eigenvalue weighted by atomic mass is 35.5. The molecule has 19 heavy (non-hydrogen) atoms. The molecule has 1 aromatic rings. The first kappa shape index (κ1) is 14.1. The maximum atomic E-state index is 10.7. The standard InChI is InChI=1S/C13H18ClN3O2/c1-16-7-2-3-10(6-8-16)15-13-5-4-11(17(18)19)9-12(13)14/h4-5,9-10,15H,2-3,6-8H2,1H3. The smallest absolute Gasteiger partial charge is 0.271 e. The third-order valence-corrected chi connectivity index (χ3v) is 3.79. The maximum absolute atomic E-state index is 10.7. The minimum Gasteiger partial charge on any atom is -0.381 e. The second-order valence-electron chi connectivity index (χ2n) is 5.00. The first-order valence-electron chi connectivity index (χ1n) is 6.45. The highest BCUT2D eigenvalue weighted by molar-refractivity contribution is 6.33. The third kappa shape index (κ3) is 3.81. The molecule has 1 saturated heterocycles. The number of nitrogens with zero attached hydrogens (tertiary/aromatic N) is 2. The van der Waals surface area contributed by atoms with E-state index in [-0.39, 0.29) is 5.69 Å². The largest absolute Gasteiger partial charge is 0.381 e. The fourth-order valence-corrected chi connectivity index (χ4v) is 2.57. The van der Waals surface area contributed by atoms with Crippen molar-refractivity contribution in [1.82, 2.24) is 4.90 Å². The zero-order valence-electron chi connectivity index (χ0n) is 10.9. The van der Waals surface area contributed by atoms with Crippen molar-refractivity contribution in [2.24, 2.45) is 0 Å². The molecule has 104 valence electrons. The Hall–Kier alpha value is -1.33. The Labute approximate surface area is 117 Å². The predicted molar refractivity (Wildman–Crippen MR) is 76.9 cm³/mol. The van der Waals surface area contributed by atoms with Crippen LogP contribution in [0, 0.1) is 10.1 Å². The van der Waals surface area contributed by atoms with Gasteiger partial charge in [-0.3, -0.25) is 10.1 Å². The minimum atomic E-state index is -0.434. The van der Waals surface area contributed by atoms with Crippen LogP contribution < -0.4 is 5.32 Å². The molecule has 1 heterocycles. The molecule has 1 N–H and O–H groups in total. The fourth-order valence-electron chi connectivity index (χ4n) is 2.34. The van der Waals surface area contributed by atoms with Crippen LogP contribution in [0.2, 0.25) is 5.02 Å². The van der Waals surface area contributed by atoms with Crippen molar-refractivity contribution in [3.63, 3.8) is 0 Å². The van der Waals surface area contributed by atoms with Gasteiger partial charge in [0.2, 0.25) is 0 Å². The lowest BCUT2D eigenvalue weighted by Crippen LogP contribution is -2.23. The molecule has 0 aliphatic carbocycles. The van der Waals surface area contributed by atoms with Gasteiger partial charge in [0.1, 0.15) is 0 Å². The molecule has 0 bridgehead atoms. The van der Waals surface area contributed by atoms with E-state index in [4.69, 9.17) is 11.6 Å². The Morgan fingerprint density at radius 3 is 2.89 bits per heavy atom. The topological polar surface area (TPSA) is 58.4 Å². The van der Waals surface area contributed by atoms with Gasteiger partial charge < -0.3 is 10.2 Å². The average molecular weight is 284 g/mol. The normalized spacial score (nSPS) is 20.8. The van der Waals surface area contributed by atoms with E-state index in [0.29, 0.717) is 11.1 Å². The molecular weight excluding hydrogens is 266 g/mol. The molecule has 2 rings (SSSR count). The summed E-state index contributed by atoms with van der Waals surface area (Å²) in [6.45, 7) is 2.18. The Kier molecular flexibility index (Phi) is 4.61. The van der Waals surface area contributed by atoms with E-state index in [9.17, 15) is 10.1 Å². The van der Waals surface area contributed by atoms with Gasteiger partial charge in [0.25, 0.3) is 5.69 Å². The van der Waals surface area contributed by atoms with Gasteiger partial charge >= 0.3 is 0 Å². The molecule has 5 nitrogen and oxygen atoms in total. The van der Waals surface area contributed by atoms with Crippen LogP contribution in [0.3, 0.4) is 0 Å². The van der Waals surface area contributed by atoms with Crippen molar-refractivity contribution in [1.29, 1.82) is 0 Å². The molecular formula is C13H18ClN3O2. The fraction of sp³-hybridized carbons (Fsp3) is 0.538. The van der Waals surface area contributed by atoms with Gasteiger partial charge in [0.05, 0.1) is 15.6 Å². The summed E-state index contributed by atoms with van der Waals surface area (Å²) >= 11 is 6.08. The number of benzene rings is 1. The van der Waals surface area contributed by atoms with Crippen LogP contribution in [-0.4, -0.2) is 36.0 Å². The number of halogens is 1. The summed E-state index contributed by atoms with van der Waals surface area (Å²) < 4.78 is 0. The van der Waals surface area contributed by atoms with Crippen LogP contribution in [0.5, 0.6) is 0 Å². The molecule has 6 heteroatoms. The molecule has 0 radical (unpaired) electrons. The summed E-state index contributed by atoms with van der Waals surface area (Å²) in [4.78, 5) is 12.5. The van der Waals surface area contributed by atoms with Crippen molar-refractivity contribution < 1.29 is 4.92 Å². The first-order chi connectivity index (χ1) is 9.06. The number of nitro groups is 1. The second-order valence-corrected chi connectivity index (χ2v) is 5.40. The lowest BCUT2D eigenvalue weighted by molar-refractivity contribution is -0.384. The number of likely N-dealkylation sites (tertiary alicyclic amines) is 1. The van der Waals surface area contributed by atoms with E-state index < -0.39 is 4.92 Å². The number of nitro benzene ring substituents is 1. The SMILES string of the molecule is CN1CCCC(Nc2ccc([N+](=O)[O-])cc2Cl)CC1. The Morgan fingerprint density at radius 1 is 1.42 bits per heavy atom. The summed E-state index contributed by atoms with van der Waals surface area (Å²) in [6, 6.07) is 4.95. The monoisotopic (exact) mass is 283 g/mol. The van der Waals surface area contributed by atoms with Crippen LogP contribution in [0.25, 0.3) is 0 Å². The lowest BCUT2D eigenvalue weighted by Gasteiger charge is -2.18. The number of non-ortho nitro benzene ring substituents is 1. The van der Waals surface area contributed by atoms with E-state index in [2.05, 4.69) is 17.3 Å². The van der Waals surface area contributed by atoms with Crippen molar-refractivity contribution in [3.05, 3.63) is 33.3 Å². The zero-order valence-corrected chi connectivity index (χ0v) is 11.7. The summed E-state index contributed by atoms with van der Waals surface area (Å²) in [5, 5.41) is 14.5. The molecule has 1 atom stereocenters. The number of hydrogen-bond donors (Lipinski definition) is 1. The summed E-state index contributed by atoms with van der Waals surface area (Å²) in [5.41, 5.74) is 0.804. The van der Waals surface area contributed by atoms with Gasteiger partial charge in [0, 0.05) is 18.2 Å². The van der Waals surface area contributed by atoms with Gasteiger partial charge in [0.15, 0.2) is 0 Å². The van der Waals surface area contributed by atoms with Gasteiger partial charge in [-0.15, -0.1) is 0 Å². The Bertz CT molecular complexity index is 467. The molecule has 1 aromatic carbocycles. The van der Waals surface area contributed by atoms with Crippen LogP contribution in [0.1, 0.15) is 19.3 Å². The molecule has 0 spiro atoms. The Morgan fingerprint density at radius 2 is 2.21 bits per heavy atom. The molecule has 0 aromatic heterocycles. The first-order valence-corrected chi connectivity index (χ1v) is 6.83. The van der Waals surface area contributed by atoms with E-state index in [0.717, 1.165) is 38.0 Å². The van der Waals surface area contributed by atoms with E-state index >= 15 is 0 Å². The lowest BCUT2D eigenvalue weighted by atomic mass is 10.1. The van der Waals surface area contributed by atoms with E-state index in [1.165, 1.54) is 12.1 Å². The van der Waals surface area contributed by atoms with Crippen molar-refractivity contribution in [3.8, 4) is 0 Å². The maximum Gasteiger partial charge on any atom is 0.271 e. The highest BCUT2D eigenvalue weighted by Crippen LogP contribution is 2.28. The Balaban J connectivity index is 2.04. The van der Waals surface area contributed by atoms with Crippen molar-refractivity contribution in [2.45, 2.75) is 25.3 Å². The van der Waals surface area contributed by atoms with E-state index in [1.54, 1.807) is 6.07 Å². The van der Waals surface area contributed by atoms with Crippen LogP contribution in [0.4, 0.5) is 11.4 Å². The molecule has 1 fully saturated rings. The summed E-state index contributed by atoms with van der Waals surface area (Å²) in [7, 11) is 2.13. The second kappa shape index (κ2) is 6.21. The number of anilines is 1. The molecule has 1 unspecified atom stereocenters. The van der Waals surface area contributed by atoms with Crippen molar-refractivity contribution in [2.75, 3.05) is 25.5 Å².